The highest BCUT2D eigenvalue weighted by molar-refractivity contribution is 6.30. The van der Waals surface area contributed by atoms with Gasteiger partial charge in [0.25, 0.3) is 0 Å². The Morgan fingerprint density at radius 1 is 1.19 bits per heavy atom. The molecule has 1 aromatic heterocycles. The lowest BCUT2D eigenvalue weighted by Crippen LogP contribution is -2.34. The third-order valence-corrected chi connectivity index (χ3v) is 3.86. The van der Waals surface area contributed by atoms with Crippen LogP contribution in [-0.4, -0.2) is 15.7 Å². The van der Waals surface area contributed by atoms with Crippen LogP contribution in [0.15, 0.2) is 0 Å². The molecule has 0 radical (unpaired) electrons. The molecule has 16 heavy (non-hydrogen) atoms. The molecule has 1 heterocycles. The topological polar surface area (TPSA) is 37.8 Å². The van der Waals surface area contributed by atoms with E-state index in [-0.39, 0.29) is 5.54 Å². The molecule has 0 atom stereocenters. The van der Waals surface area contributed by atoms with E-state index in [1.165, 1.54) is 12.8 Å². The van der Waals surface area contributed by atoms with Crippen LogP contribution in [0.3, 0.4) is 0 Å². The highest BCUT2D eigenvalue weighted by Crippen LogP contribution is 2.41. The Balaban J connectivity index is 2.24. The first-order valence-electron chi connectivity index (χ1n) is 5.69. The van der Waals surface area contributed by atoms with Crippen molar-refractivity contribution >= 4 is 17.4 Å². The average molecular weight is 240 g/mol. The molecule has 1 aromatic rings. The van der Waals surface area contributed by atoms with Crippen LogP contribution in [0.4, 0.5) is 5.82 Å². The van der Waals surface area contributed by atoms with Crippen molar-refractivity contribution in [2.75, 3.05) is 5.32 Å². The number of nitrogens with one attached hydrogen (secondary N) is 1. The number of hydrogen-bond acceptors (Lipinski definition) is 3. The highest BCUT2D eigenvalue weighted by Gasteiger charge is 2.38. The van der Waals surface area contributed by atoms with Gasteiger partial charge >= 0.3 is 0 Å². The number of halogens is 1. The minimum absolute atomic E-state index is 0.0969. The molecule has 1 N–H and O–H groups in total. The largest absolute Gasteiger partial charge is 0.363 e. The van der Waals surface area contributed by atoms with Gasteiger partial charge in [-0.2, -0.15) is 0 Å². The van der Waals surface area contributed by atoms with Gasteiger partial charge in [-0.1, -0.05) is 11.6 Å². The van der Waals surface area contributed by atoms with E-state index in [0.29, 0.717) is 5.15 Å². The lowest BCUT2D eigenvalue weighted by Gasteiger charge is -2.27. The van der Waals surface area contributed by atoms with Gasteiger partial charge in [0.2, 0.25) is 0 Å². The number of rotatable bonds is 3. The molecule has 88 valence electrons. The summed E-state index contributed by atoms with van der Waals surface area (Å²) in [4.78, 5) is 0. The average Bonchev–Trinajstić information content (AvgIpc) is 3.02. The molecule has 0 aromatic carbocycles. The summed E-state index contributed by atoms with van der Waals surface area (Å²) in [5, 5.41) is 12.1. The summed E-state index contributed by atoms with van der Waals surface area (Å²) < 4.78 is 0. The first kappa shape index (κ1) is 11.6. The Kier molecular flexibility index (Phi) is 2.82. The van der Waals surface area contributed by atoms with Crippen molar-refractivity contribution in [3.8, 4) is 0 Å². The zero-order chi connectivity index (χ0) is 11.9. The SMILES string of the molecule is Cc1c(Cl)nnc(NC(C)(C)C2CC2)c1C. The molecular weight excluding hydrogens is 222 g/mol. The van der Waals surface area contributed by atoms with Crippen LogP contribution in [0.2, 0.25) is 5.15 Å². The zero-order valence-electron chi connectivity index (χ0n) is 10.3. The first-order valence-corrected chi connectivity index (χ1v) is 6.07. The van der Waals surface area contributed by atoms with E-state index in [1.54, 1.807) is 0 Å². The Labute approximate surface area is 102 Å². The van der Waals surface area contributed by atoms with Crippen LogP contribution >= 0.6 is 11.6 Å². The van der Waals surface area contributed by atoms with Gasteiger partial charge in [-0.3, -0.25) is 0 Å². The minimum atomic E-state index is 0.0969. The monoisotopic (exact) mass is 239 g/mol. The fourth-order valence-corrected chi connectivity index (χ4v) is 2.09. The molecule has 0 saturated heterocycles. The van der Waals surface area contributed by atoms with Crippen molar-refractivity contribution in [3.63, 3.8) is 0 Å². The number of aromatic nitrogens is 2. The summed E-state index contributed by atoms with van der Waals surface area (Å²) in [6, 6.07) is 0. The maximum atomic E-state index is 5.93. The van der Waals surface area contributed by atoms with Crippen LogP contribution in [0.25, 0.3) is 0 Å². The molecule has 0 amide bonds. The predicted molar refractivity (Wildman–Crippen MR) is 66.9 cm³/mol. The van der Waals surface area contributed by atoms with Gasteiger partial charge in [0, 0.05) is 5.54 Å². The van der Waals surface area contributed by atoms with E-state index >= 15 is 0 Å². The maximum Gasteiger partial charge on any atom is 0.155 e. The molecule has 1 aliphatic rings. The first-order chi connectivity index (χ1) is 7.42. The minimum Gasteiger partial charge on any atom is -0.363 e. The maximum absolute atomic E-state index is 5.93. The van der Waals surface area contributed by atoms with Gasteiger partial charge in [-0.15, -0.1) is 10.2 Å². The molecule has 0 bridgehead atoms. The summed E-state index contributed by atoms with van der Waals surface area (Å²) in [6.07, 6.45) is 2.61. The van der Waals surface area contributed by atoms with E-state index in [1.807, 2.05) is 13.8 Å². The quantitative estimate of drug-likeness (QED) is 0.879. The number of nitrogens with zero attached hydrogens (tertiary/aromatic N) is 2. The molecule has 1 aliphatic carbocycles. The van der Waals surface area contributed by atoms with Crippen molar-refractivity contribution < 1.29 is 0 Å². The Bertz CT molecular complexity index is 411. The molecule has 0 unspecified atom stereocenters. The fourth-order valence-electron chi connectivity index (χ4n) is 1.91. The third-order valence-electron chi connectivity index (χ3n) is 3.50. The van der Waals surface area contributed by atoms with Crippen molar-refractivity contribution in [2.24, 2.45) is 5.92 Å². The van der Waals surface area contributed by atoms with Crippen molar-refractivity contribution in [3.05, 3.63) is 16.3 Å². The summed E-state index contributed by atoms with van der Waals surface area (Å²) in [5.41, 5.74) is 2.19. The predicted octanol–water partition coefficient (Wildman–Crippen LogP) is 3.35. The normalized spacial score (nSPS) is 16.3. The number of anilines is 1. The third kappa shape index (κ3) is 2.14. The molecular formula is C12H18ClN3. The Morgan fingerprint density at radius 2 is 1.81 bits per heavy atom. The second-order valence-electron chi connectivity index (χ2n) is 5.21. The summed E-state index contributed by atoms with van der Waals surface area (Å²) in [7, 11) is 0. The molecule has 4 heteroatoms. The van der Waals surface area contributed by atoms with Crippen LogP contribution in [0.5, 0.6) is 0 Å². The van der Waals surface area contributed by atoms with Crippen LogP contribution in [0.1, 0.15) is 37.8 Å². The standard InChI is InChI=1S/C12H18ClN3/c1-7-8(2)11(16-15-10(7)13)14-12(3,4)9-5-6-9/h9H,5-6H2,1-4H3,(H,14,16). The molecule has 1 fully saturated rings. The molecule has 2 rings (SSSR count). The van der Waals surface area contributed by atoms with Gasteiger partial charge < -0.3 is 5.32 Å². The van der Waals surface area contributed by atoms with Crippen molar-refractivity contribution in [1.29, 1.82) is 0 Å². The Morgan fingerprint density at radius 3 is 2.38 bits per heavy atom. The Hall–Kier alpha value is -0.830. The van der Waals surface area contributed by atoms with E-state index in [0.717, 1.165) is 22.9 Å². The fraction of sp³-hybridized carbons (Fsp3) is 0.667. The van der Waals surface area contributed by atoms with E-state index in [9.17, 15) is 0 Å². The number of hydrogen-bond donors (Lipinski definition) is 1. The summed E-state index contributed by atoms with van der Waals surface area (Å²) >= 11 is 5.93. The lowest BCUT2D eigenvalue weighted by atomic mass is 9.98. The second-order valence-corrected chi connectivity index (χ2v) is 5.57. The van der Waals surface area contributed by atoms with Crippen LogP contribution in [0, 0.1) is 19.8 Å². The molecule has 3 nitrogen and oxygen atoms in total. The zero-order valence-corrected chi connectivity index (χ0v) is 11.0. The van der Waals surface area contributed by atoms with Gasteiger partial charge in [0.15, 0.2) is 11.0 Å². The van der Waals surface area contributed by atoms with Crippen molar-refractivity contribution in [2.45, 2.75) is 46.1 Å². The lowest BCUT2D eigenvalue weighted by molar-refractivity contribution is 0.491. The second kappa shape index (κ2) is 3.88. The van der Waals surface area contributed by atoms with Gasteiger partial charge in [-0.25, -0.2) is 0 Å². The van der Waals surface area contributed by atoms with Gasteiger partial charge in [0.05, 0.1) is 0 Å². The summed E-state index contributed by atoms with van der Waals surface area (Å²) in [5.74, 6) is 1.61. The summed E-state index contributed by atoms with van der Waals surface area (Å²) in [6.45, 7) is 8.44. The van der Waals surface area contributed by atoms with Gasteiger partial charge in [0.1, 0.15) is 0 Å². The van der Waals surface area contributed by atoms with Gasteiger partial charge in [-0.05, 0) is 57.6 Å². The molecule has 0 aliphatic heterocycles. The van der Waals surface area contributed by atoms with Crippen LogP contribution < -0.4 is 5.32 Å². The van der Waals surface area contributed by atoms with Crippen molar-refractivity contribution in [1.82, 2.24) is 10.2 Å². The van der Waals surface area contributed by atoms with Crippen LogP contribution in [-0.2, 0) is 0 Å². The molecule has 0 spiro atoms. The highest BCUT2D eigenvalue weighted by atomic mass is 35.5. The van der Waals surface area contributed by atoms with E-state index in [2.05, 4.69) is 29.4 Å². The van der Waals surface area contributed by atoms with E-state index in [4.69, 9.17) is 11.6 Å². The molecule has 1 saturated carbocycles. The smallest absolute Gasteiger partial charge is 0.155 e. The van der Waals surface area contributed by atoms with E-state index < -0.39 is 0 Å².